The largest absolute Gasteiger partial charge is 0.353 e. The Labute approximate surface area is 106 Å². The fourth-order valence-corrected chi connectivity index (χ4v) is 1.90. The van der Waals surface area contributed by atoms with Gasteiger partial charge >= 0.3 is 0 Å². The van der Waals surface area contributed by atoms with Gasteiger partial charge in [-0.05, 0) is 24.6 Å². The molecular formula is C13H17N3O2. The van der Waals surface area contributed by atoms with Gasteiger partial charge in [0.1, 0.15) is 0 Å². The summed E-state index contributed by atoms with van der Waals surface area (Å²) in [5.41, 5.74) is 7.68. The molecule has 18 heavy (non-hydrogen) atoms. The van der Waals surface area contributed by atoms with Crippen LogP contribution in [0.15, 0.2) is 24.3 Å². The zero-order chi connectivity index (χ0) is 13.3. The monoisotopic (exact) mass is 247 g/mol. The lowest BCUT2D eigenvalue weighted by Crippen LogP contribution is -2.52. The van der Waals surface area contributed by atoms with E-state index in [2.05, 4.69) is 0 Å². The molecule has 0 radical (unpaired) electrons. The molecule has 0 spiro atoms. The Balaban J connectivity index is 2.17. The molecule has 1 unspecified atom stereocenters. The Kier molecular flexibility index (Phi) is 3.34. The zero-order valence-corrected chi connectivity index (χ0v) is 10.6. The highest BCUT2D eigenvalue weighted by molar-refractivity contribution is 6.02. The minimum atomic E-state index is -0.178. The average Bonchev–Trinajstić information content (AvgIpc) is 2.35. The van der Waals surface area contributed by atoms with Crippen LogP contribution in [0.4, 0.5) is 5.69 Å². The fraction of sp³-hybridized carbons (Fsp3) is 0.385. The third-order valence-corrected chi connectivity index (χ3v) is 3.18. The summed E-state index contributed by atoms with van der Waals surface area (Å²) >= 11 is 0. The van der Waals surface area contributed by atoms with Crippen molar-refractivity contribution < 1.29 is 9.59 Å². The molecule has 96 valence electrons. The summed E-state index contributed by atoms with van der Waals surface area (Å²) in [6.45, 7) is 2.39. The molecule has 5 heteroatoms. The molecule has 2 amide bonds. The van der Waals surface area contributed by atoms with Crippen molar-refractivity contribution in [3.05, 3.63) is 29.8 Å². The molecule has 0 saturated carbocycles. The fourth-order valence-electron chi connectivity index (χ4n) is 1.90. The van der Waals surface area contributed by atoms with Crippen molar-refractivity contribution in [2.45, 2.75) is 13.0 Å². The van der Waals surface area contributed by atoms with Gasteiger partial charge in [-0.1, -0.05) is 12.1 Å². The minimum Gasteiger partial charge on any atom is -0.353 e. The van der Waals surface area contributed by atoms with Gasteiger partial charge in [-0.3, -0.25) is 14.5 Å². The van der Waals surface area contributed by atoms with E-state index in [0.29, 0.717) is 0 Å². The highest BCUT2D eigenvalue weighted by atomic mass is 16.2. The highest BCUT2D eigenvalue weighted by Crippen LogP contribution is 2.19. The Morgan fingerprint density at radius 1 is 1.11 bits per heavy atom. The molecule has 1 saturated heterocycles. The zero-order valence-electron chi connectivity index (χ0n) is 10.6. The van der Waals surface area contributed by atoms with Crippen LogP contribution in [0.3, 0.4) is 0 Å². The molecule has 5 nitrogen and oxygen atoms in total. The number of carbonyl (C=O) groups excluding carboxylic acids is 2. The number of carbonyl (C=O) groups is 2. The van der Waals surface area contributed by atoms with E-state index in [-0.39, 0.29) is 30.9 Å². The second kappa shape index (κ2) is 4.78. The topological polar surface area (TPSA) is 66.6 Å². The van der Waals surface area contributed by atoms with E-state index >= 15 is 0 Å². The van der Waals surface area contributed by atoms with Crippen LogP contribution in [0.2, 0.25) is 0 Å². The van der Waals surface area contributed by atoms with Crippen LogP contribution in [-0.4, -0.2) is 36.9 Å². The number of benzene rings is 1. The van der Waals surface area contributed by atoms with E-state index in [1.54, 1.807) is 4.90 Å². The van der Waals surface area contributed by atoms with Gasteiger partial charge < -0.3 is 10.6 Å². The van der Waals surface area contributed by atoms with Crippen molar-refractivity contribution in [2.24, 2.45) is 5.73 Å². The number of imide groups is 1. The number of amides is 2. The molecule has 1 aliphatic heterocycles. The van der Waals surface area contributed by atoms with E-state index in [9.17, 15) is 9.59 Å². The van der Waals surface area contributed by atoms with Gasteiger partial charge in [0.15, 0.2) is 0 Å². The molecule has 0 bridgehead atoms. The first-order chi connectivity index (χ1) is 8.49. The molecule has 2 rings (SSSR count). The summed E-state index contributed by atoms with van der Waals surface area (Å²) < 4.78 is 0. The molecule has 1 fully saturated rings. The van der Waals surface area contributed by atoms with Crippen LogP contribution in [-0.2, 0) is 9.59 Å². The average molecular weight is 247 g/mol. The second-order valence-corrected chi connectivity index (χ2v) is 4.58. The quantitative estimate of drug-likeness (QED) is 0.773. The number of rotatable bonds is 2. The number of anilines is 1. The van der Waals surface area contributed by atoms with Gasteiger partial charge in [0, 0.05) is 18.8 Å². The van der Waals surface area contributed by atoms with Crippen molar-refractivity contribution in [3.63, 3.8) is 0 Å². The predicted molar refractivity (Wildman–Crippen MR) is 69.0 cm³/mol. The number of piperazine rings is 1. The first kappa shape index (κ1) is 12.6. The van der Waals surface area contributed by atoms with Crippen molar-refractivity contribution in [1.82, 2.24) is 4.90 Å². The van der Waals surface area contributed by atoms with Gasteiger partial charge in [-0.2, -0.15) is 0 Å². The Morgan fingerprint density at radius 2 is 1.61 bits per heavy atom. The van der Waals surface area contributed by atoms with Crippen molar-refractivity contribution >= 4 is 17.5 Å². The van der Waals surface area contributed by atoms with Crippen LogP contribution in [0, 0.1) is 0 Å². The van der Waals surface area contributed by atoms with Gasteiger partial charge in [-0.15, -0.1) is 0 Å². The first-order valence-corrected chi connectivity index (χ1v) is 5.89. The Morgan fingerprint density at radius 3 is 2.06 bits per heavy atom. The van der Waals surface area contributed by atoms with Crippen LogP contribution in [0.1, 0.15) is 18.5 Å². The van der Waals surface area contributed by atoms with E-state index in [4.69, 9.17) is 5.73 Å². The number of likely N-dealkylation sites (N-methyl/N-ethyl adjacent to an activating group) is 1. The van der Waals surface area contributed by atoms with E-state index < -0.39 is 0 Å². The SMILES string of the molecule is CC(N)c1ccc(N2CC(=O)N(C)C(=O)C2)cc1. The number of nitrogens with two attached hydrogens (primary N) is 1. The lowest BCUT2D eigenvalue weighted by atomic mass is 10.1. The number of nitrogens with zero attached hydrogens (tertiary/aromatic N) is 2. The summed E-state index contributed by atoms with van der Waals surface area (Å²) in [7, 11) is 1.52. The van der Waals surface area contributed by atoms with Crippen molar-refractivity contribution in [3.8, 4) is 0 Å². The molecule has 1 aromatic rings. The summed E-state index contributed by atoms with van der Waals surface area (Å²) in [4.78, 5) is 26.2. The van der Waals surface area contributed by atoms with E-state index in [1.807, 2.05) is 31.2 Å². The summed E-state index contributed by atoms with van der Waals surface area (Å²) in [5, 5.41) is 0. The minimum absolute atomic E-state index is 0.0187. The summed E-state index contributed by atoms with van der Waals surface area (Å²) in [5.74, 6) is -0.356. The molecular weight excluding hydrogens is 230 g/mol. The standard InChI is InChI=1S/C13H17N3O2/c1-9(14)10-3-5-11(6-4-10)16-7-12(17)15(2)13(18)8-16/h3-6,9H,7-8,14H2,1-2H3. The Hall–Kier alpha value is -1.88. The molecule has 1 aromatic carbocycles. The smallest absolute Gasteiger partial charge is 0.248 e. The van der Waals surface area contributed by atoms with E-state index in [0.717, 1.165) is 11.3 Å². The third-order valence-electron chi connectivity index (χ3n) is 3.18. The van der Waals surface area contributed by atoms with Crippen molar-refractivity contribution in [2.75, 3.05) is 25.0 Å². The van der Waals surface area contributed by atoms with Crippen LogP contribution in [0.5, 0.6) is 0 Å². The van der Waals surface area contributed by atoms with E-state index in [1.165, 1.54) is 11.9 Å². The maximum Gasteiger partial charge on any atom is 0.248 e. The first-order valence-electron chi connectivity index (χ1n) is 5.89. The van der Waals surface area contributed by atoms with Crippen LogP contribution in [0.25, 0.3) is 0 Å². The number of hydrogen-bond donors (Lipinski definition) is 1. The summed E-state index contributed by atoms with van der Waals surface area (Å²) in [6, 6.07) is 7.62. The van der Waals surface area contributed by atoms with Gasteiger partial charge in [0.05, 0.1) is 13.1 Å². The maximum absolute atomic E-state index is 11.6. The Bertz CT molecular complexity index is 450. The maximum atomic E-state index is 11.6. The second-order valence-electron chi connectivity index (χ2n) is 4.58. The highest BCUT2D eigenvalue weighted by Gasteiger charge is 2.27. The molecule has 1 atom stereocenters. The number of hydrogen-bond acceptors (Lipinski definition) is 4. The molecule has 2 N–H and O–H groups in total. The van der Waals surface area contributed by atoms with Crippen LogP contribution < -0.4 is 10.6 Å². The predicted octanol–water partition coefficient (Wildman–Crippen LogP) is 0.511. The molecule has 0 aliphatic carbocycles. The summed E-state index contributed by atoms with van der Waals surface area (Å²) in [6.07, 6.45) is 0. The van der Waals surface area contributed by atoms with Gasteiger partial charge in [0.25, 0.3) is 0 Å². The van der Waals surface area contributed by atoms with Gasteiger partial charge in [0.2, 0.25) is 11.8 Å². The third kappa shape index (κ3) is 2.36. The lowest BCUT2D eigenvalue weighted by molar-refractivity contribution is -0.143. The molecule has 1 aliphatic rings. The van der Waals surface area contributed by atoms with Gasteiger partial charge in [-0.25, -0.2) is 0 Å². The van der Waals surface area contributed by atoms with Crippen LogP contribution >= 0.6 is 0 Å². The molecule has 0 aromatic heterocycles. The molecule has 1 heterocycles. The normalized spacial score (nSPS) is 18.2. The lowest BCUT2D eigenvalue weighted by Gasteiger charge is -2.32. The van der Waals surface area contributed by atoms with Crippen molar-refractivity contribution in [1.29, 1.82) is 0 Å².